The Hall–Kier alpha value is -1.82. The van der Waals surface area contributed by atoms with Gasteiger partial charge in [0, 0.05) is 6.07 Å². The first-order valence-corrected chi connectivity index (χ1v) is 3.48. The van der Waals surface area contributed by atoms with Gasteiger partial charge in [0.25, 0.3) is 5.69 Å². The Labute approximate surface area is 74.4 Å². The first kappa shape index (κ1) is 9.27. The molecule has 0 aromatic heterocycles. The van der Waals surface area contributed by atoms with E-state index in [1.807, 2.05) is 0 Å². The van der Waals surface area contributed by atoms with Crippen molar-refractivity contribution in [2.45, 2.75) is 0 Å². The zero-order chi connectivity index (χ0) is 9.84. The highest BCUT2D eigenvalue weighted by Crippen LogP contribution is 2.27. The van der Waals surface area contributed by atoms with Gasteiger partial charge in [-0.1, -0.05) is 0 Å². The van der Waals surface area contributed by atoms with Crippen LogP contribution in [0.2, 0.25) is 0 Å². The Bertz CT molecular complexity index is 327. The third-order valence-corrected chi connectivity index (χ3v) is 1.55. The molecule has 0 atom stereocenters. The zero-order valence-corrected chi connectivity index (χ0v) is 6.98. The number of anilines is 1. The molecule has 0 radical (unpaired) electrons. The van der Waals surface area contributed by atoms with Crippen LogP contribution < -0.4 is 16.0 Å². The molecule has 0 aliphatic rings. The topological polar surface area (TPSA) is 90.4 Å². The van der Waals surface area contributed by atoms with E-state index in [-0.39, 0.29) is 5.69 Å². The lowest BCUT2D eigenvalue weighted by Crippen LogP contribution is -2.08. The van der Waals surface area contributed by atoms with Crippen LogP contribution in [-0.4, -0.2) is 12.0 Å². The van der Waals surface area contributed by atoms with Crippen LogP contribution in [0.15, 0.2) is 18.2 Å². The lowest BCUT2D eigenvalue weighted by molar-refractivity contribution is -0.384. The molecule has 0 spiro atoms. The Balaban J connectivity index is 3.13. The normalized spacial score (nSPS) is 9.38. The number of nitro groups is 1. The van der Waals surface area contributed by atoms with Crippen molar-refractivity contribution < 1.29 is 9.66 Å². The van der Waals surface area contributed by atoms with Crippen molar-refractivity contribution in [2.24, 2.45) is 5.84 Å². The fraction of sp³-hybridized carbons (Fsp3) is 0.143. The molecular weight excluding hydrogens is 174 g/mol. The van der Waals surface area contributed by atoms with E-state index in [9.17, 15) is 10.1 Å². The number of non-ortho nitro benzene ring substituents is 1. The van der Waals surface area contributed by atoms with Crippen LogP contribution in [0, 0.1) is 10.1 Å². The summed E-state index contributed by atoms with van der Waals surface area (Å²) in [6, 6.07) is 4.13. The predicted molar refractivity (Wildman–Crippen MR) is 47.5 cm³/mol. The summed E-state index contributed by atoms with van der Waals surface area (Å²) in [7, 11) is 1.42. The number of nitrogens with zero attached hydrogens (tertiary/aromatic N) is 1. The maximum Gasteiger partial charge on any atom is 0.273 e. The number of hydrogen-bond donors (Lipinski definition) is 2. The van der Waals surface area contributed by atoms with Crippen LogP contribution >= 0.6 is 0 Å². The zero-order valence-electron chi connectivity index (χ0n) is 6.98. The lowest BCUT2D eigenvalue weighted by atomic mass is 10.2. The maximum absolute atomic E-state index is 10.4. The molecule has 0 heterocycles. The summed E-state index contributed by atoms with van der Waals surface area (Å²) in [5, 5.41) is 10.4. The van der Waals surface area contributed by atoms with Crippen LogP contribution in [0.25, 0.3) is 0 Å². The Morgan fingerprint density at radius 1 is 1.62 bits per heavy atom. The summed E-state index contributed by atoms with van der Waals surface area (Å²) in [5.74, 6) is 5.50. The predicted octanol–water partition coefficient (Wildman–Crippen LogP) is 0.889. The molecule has 0 aliphatic carbocycles. The summed E-state index contributed by atoms with van der Waals surface area (Å²) in [4.78, 5) is 9.87. The molecule has 3 N–H and O–H groups in total. The number of nitrogens with one attached hydrogen (secondary N) is 1. The molecule has 1 aromatic carbocycles. The van der Waals surface area contributed by atoms with E-state index in [1.54, 1.807) is 0 Å². The highest BCUT2D eigenvalue weighted by atomic mass is 16.6. The SMILES string of the molecule is COc1cc([N+](=O)[O-])ccc1NN. The molecule has 0 aliphatic heterocycles. The highest BCUT2D eigenvalue weighted by molar-refractivity contribution is 5.59. The van der Waals surface area contributed by atoms with E-state index in [4.69, 9.17) is 10.6 Å². The van der Waals surface area contributed by atoms with Gasteiger partial charge < -0.3 is 10.2 Å². The third kappa shape index (κ3) is 1.85. The van der Waals surface area contributed by atoms with E-state index >= 15 is 0 Å². The molecule has 0 amide bonds. The largest absolute Gasteiger partial charge is 0.494 e. The minimum absolute atomic E-state index is 0.0316. The molecule has 6 heteroatoms. The first-order valence-electron chi connectivity index (χ1n) is 3.48. The van der Waals surface area contributed by atoms with E-state index in [0.717, 1.165) is 0 Å². The highest BCUT2D eigenvalue weighted by Gasteiger charge is 2.09. The number of rotatable bonds is 3. The summed E-state index contributed by atoms with van der Waals surface area (Å²) < 4.78 is 4.88. The van der Waals surface area contributed by atoms with Crippen LogP contribution in [0.5, 0.6) is 5.75 Å². The van der Waals surface area contributed by atoms with Crippen molar-refractivity contribution in [3.8, 4) is 5.75 Å². The monoisotopic (exact) mass is 183 g/mol. The molecule has 0 saturated heterocycles. The van der Waals surface area contributed by atoms with Gasteiger partial charge in [-0.05, 0) is 6.07 Å². The Morgan fingerprint density at radius 3 is 2.77 bits per heavy atom. The molecule has 0 fully saturated rings. The molecular formula is C7H9N3O3. The quantitative estimate of drug-likeness (QED) is 0.412. The number of benzene rings is 1. The Kier molecular flexibility index (Phi) is 2.65. The van der Waals surface area contributed by atoms with Gasteiger partial charge in [-0.3, -0.25) is 16.0 Å². The Morgan fingerprint density at radius 2 is 2.31 bits per heavy atom. The van der Waals surface area contributed by atoms with Gasteiger partial charge in [0.2, 0.25) is 0 Å². The molecule has 0 unspecified atom stereocenters. The van der Waals surface area contributed by atoms with Crippen molar-refractivity contribution in [1.29, 1.82) is 0 Å². The van der Waals surface area contributed by atoms with Crippen LogP contribution in [-0.2, 0) is 0 Å². The van der Waals surface area contributed by atoms with Crippen LogP contribution in [0.4, 0.5) is 11.4 Å². The fourth-order valence-corrected chi connectivity index (χ4v) is 0.913. The number of nitro benzene ring substituents is 1. The van der Waals surface area contributed by atoms with Gasteiger partial charge in [-0.25, -0.2) is 0 Å². The molecule has 70 valence electrons. The second kappa shape index (κ2) is 3.72. The molecule has 6 nitrogen and oxygen atoms in total. The van der Waals surface area contributed by atoms with Gasteiger partial charge in [0.1, 0.15) is 5.75 Å². The first-order chi connectivity index (χ1) is 6.19. The van der Waals surface area contributed by atoms with Crippen molar-refractivity contribution in [3.63, 3.8) is 0 Å². The fourth-order valence-electron chi connectivity index (χ4n) is 0.913. The number of nitrogen functional groups attached to an aromatic ring is 1. The summed E-state index contributed by atoms with van der Waals surface area (Å²) >= 11 is 0. The van der Waals surface area contributed by atoms with Gasteiger partial charge in [-0.15, -0.1) is 0 Å². The maximum atomic E-state index is 10.4. The number of hydrogen-bond acceptors (Lipinski definition) is 5. The van der Waals surface area contributed by atoms with E-state index in [0.29, 0.717) is 11.4 Å². The smallest absolute Gasteiger partial charge is 0.273 e. The second-order valence-electron chi connectivity index (χ2n) is 2.29. The average Bonchev–Trinajstić information content (AvgIpc) is 2.16. The lowest BCUT2D eigenvalue weighted by Gasteiger charge is -2.06. The van der Waals surface area contributed by atoms with Crippen molar-refractivity contribution in [3.05, 3.63) is 28.3 Å². The third-order valence-electron chi connectivity index (χ3n) is 1.55. The summed E-state index contributed by atoms with van der Waals surface area (Å²) in [6.45, 7) is 0. The number of ether oxygens (including phenoxy) is 1. The molecule has 1 rings (SSSR count). The summed E-state index contributed by atoms with van der Waals surface area (Å²) in [5.41, 5.74) is 2.84. The molecule has 0 bridgehead atoms. The van der Waals surface area contributed by atoms with Gasteiger partial charge in [0.15, 0.2) is 0 Å². The minimum atomic E-state index is -0.497. The summed E-state index contributed by atoms with van der Waals surface area (Å²) in [6.07, 6.45) is 0. The van der Waals surface area contributed by atoms with Gasteiger partial charge >= 0.3 is 0 Å². The average molecular weight is 183 g/mol. The van der Waals surface area contributed by atoms with E-state index in [1.165, 1.54) is 25.3 Å². The van der Waals surface area contributed by atoms with Gasteiger partial charge in [0.05, 0.1) is 23.8 Å². The number of nitrogens with two attached hydrogens (primary N) is 1. The molecule has 13 heavy (non-hydrogen) atoms. The number of methoxy groups -OCH3 is 1. The van der Waals surface area contributed by atoms with Crippen molar-refractivity contribution in [1.82, 2.24) is 0 Å². The van der Waals surface area contributed by atoms with Gasteiger partial charge in [-0.2, -0.15) is 0 Å². The van der Waals surface area contributed by atoms with Crippen LogP contribution in [0.1, 0.15) is 0 Å². The standard InChI is InChI=1S/C7H9N3O3/c1-13-7-4-5(10(11)12)2-3-6(7)9-8/h2-4,9H,8H2,1H3. The molecule has 1 aromatic rings. The van der Waals surface area contributed by atoms with E-state index < -0.39 is 4.92 Å². The second-order valence-corrected chi connectivity index (χ2v) is 2.29. The van der Waals surface area contributed by atoms with Crippen LogP contribution in [0.3, 0.4) is 0 Å². The van der Waals surface area contributed by atoms with E-state index in [2.05, 4.69) is 5.43 Å². The molecule has 0 saturated carbocycles. The van der Waals surface area contributed by atoms with Crippen molar-refractivity contribution in [2.75, 3.05) is 12.5 Å². The number of hydrazine groups is 1. The van der Waals surface area contributed by atoms with Crippen molar-refractivity contribution >= 4 is 11.4 Å². The minimum Gasteiger partial charge on any atom is -0.494 e.